The summed E-state index contributed by atoms with van der Waals surface area (Å²) in [4.78, 5) is 26.1. The van der Waals surface area contributed by atoms with Crippen LogP contribution >= 0.6 is 0 Å². The minimum Gasteiger partial charge on any atom is -0.392 e. The van der Waals surface area contributed by atoms with E-state index in [4.69, 9.17) is 11.6 Å². The van der Waals surface area contributed by atoms with E-state index in [1.807, 2.05) is 4.90 Å². The van der Waals surface area contributed by atoms with E-state index in [1.165, 1.54) is 6.42 Å². The molecule has 1 aliphatic heterocycles. The minimum atomic E-state index is -1.39. The van der Waals surface area contributed by atoms with Gasteiger partial charge < -0.3 is 10.8 Å². The Morgan fingerprint density at radius 1 is 1.33 bits per heavy atom. The first-order chi connectivity index (χ1) is 9.93. The van der Waals surface area contributed by atoms with Crippen molar-refractivity contribution in [3.8, 4) is 0 Å². The van der Waals surface area contributed by atoms with Crippen LogP contribution in [0.1, 0.15) is 51.9 Å². The Balaban J connectivity index is 2.35. The van der Waals surface area contributed by atoms with Gasteiger partial charge in [-0.25, -0.2) is 5.84 Å². The predicted molar refractivity (Wildman–Crippen MR) is 77.5 cm³/mol. The summed E-state index contributed by atoms with van der Waals surface area (Å²) >= 11 is 0. The third-order valence-electron chi connectivity index (χ3n) is 4.78. The minimum absolute atomic E-state index is 0.0844. The number of carbonyl (C=O) groups excluding carboxylic acids is 2. The number of hydrogen-bond donors (Lipinski definition) is 3. The fourth-order valence-corrected chi connectivity index (χ4v) is 3.71. The summed E-state index contributed by atoms with van der Waals surface area (Å²) in [7, 11) is 0. The summed E-state index contributed by atoms with van der Waals surface area (Å²) in [6.07, 6.45) is 4.80. The van der Waals surface area contributed by atoms with Crippen molar-refractivity contribution < 1.29 is 14.7 Å². The summed E-state index contributed by atoms with van der Waals surface area (Å²) in [5.74, 6) is 4.96. The van der Waals surface area contributed by atoms with E-state index in [1.54, 1.807) is 6.92 Å². The maximum atomic E-state index is 12.2. The molecular formula is C14H26N4O3. The van der Waals surface area contributed by atoms with E-state index in [0.29, 0.717) is 6.54 Å². The molecule has 120 valence electrons. The fourth-order valence-electron chi connectivity index (χ4n) is 3.71. The molecule has 1 aliphatic carbocycles. The van der Waals surface area contributed by atoms with Crippen molar-refractivity contribution in [3.63, 3.8) is 0 Å². The molecule has 0 radical (unpaired) electrons. The third-order valence-corrected chi connectivity index (χ3v) is 4.78. The van der Waals surface area contributed by atoms with E-state index in [2.05, 4.69) is 0 Å². The van der Waals surface area contributed by atoms with Gasteiger partial charge in [-0.2, -0.15) is 0 Å². The van der Waals surface area contributed by atoms with Gasteiger partial charge >= 0.3 is 0 Å². The van der Waals surface area contributed by atoms with E-state index in [0.717, 1.165) is 30.7 Å². The molecule has 0 aromatic rings. The number of β-amino-alcohol motifs (C(OH)–C–C–N with tert-alkyl or cyclic N) is 1. The molecule has 2 amide bonds. The Bertz CT molecular complexity index is 411. The SMILES string of the molecule is CCC(=O)N(N)C1(C(N)=O)CC(O)CN1C1CCCCC1. The van der Waals surface area contributed by atoms with Crippen LogP contribution in [-0.4, -0.2) is 51.2 Å². The van der Waals surface area contributed by atoms with Gasteiger partial charge in [-0.05, 0) is 12.8 Å². The van der Waals surface area contributed by atoms with Crippen molar-refractivity contribution >= 4 is 11.8 Å². The molecule has 2 atom stereocenters. The van der Waals surface area contributed by atoms with Crippen LogP contribution in [-0.2, 0) is 9.59 Å². The molecule has 0 aromatic carbocycles. The molecule has 2 rings (SSSR count). The first kappa shape index (κ1) is 16.2. The first-order valence-electron chi connectivity index (χ1n) is 7.76. The van der Waals surface area contributed by atoms with Crippen LogP contribution in [0.3, 0.4) is 0 Å². The quantitative estimate of drug-likeness (QED) is 0.374. The second-order valence-corrected chi connectivity index (χ2v) is 6.10. The fraction of sp³-hybridized carbons (Fsp3) is 0.857. The Labute approximate surface area is 125 Å². The lowest BCUT2D eigenvalue weighted by atomic mass is 9.92. The average molecular weight is 298 g/mol. The smallest absolute Gasteiger partial charge is 0.260 e. The predicted octanol–water partition coefficient (Wildman–Crippen LogP) is -0.320. The van der Waals surface area contributed by atoms with Crippen LogP contribution < -0.4 is 11.6 Å². The molecule has 1 saturated heterocycles. The van der Waals surface area contributed by atoms with Crippen LogP contribution in [0.15, 0.2) is 0 Å². The number of carbonyl (C=O) groups is 2. The van der Waals surface area contributed by atoms with Crippen molar-refractivity contribution in [2.75, 3.05) is 6.54 Å². The number of primary amides is 1. The highest BCUT2D eigenvalue weighted by Gasteiger charge is 2.56. The number of aliphatic hydroxyl groups excluding tert-OH is 1. The second-order valence-electron chi connectivity index (χ2n) is 6.10. The van der Waals surface area contributed by atoms with E-state index >= 15 is 0 Å². The molecule has 7 heteroatoms. The van der Waals surface area contributed by atoms with Crippen LogP contribution in [0, 0.1) is 0 Å². The molecule has 0 spiro atoms. The summed E-state index contributed by atoms with van der Waals surface area (Å²) in [5.41, 5.74) is 4.23. The van der Waals surface area contributed by atoms with Crippen molar-refractivity contribution in [1.29, 1.82) is 0 Å². The highest BCUT2D eigenvalue weighted by molar-refractivity contribution is 5.90. The summed E-state index contributed by atoms with van der Waals surface area (Å²) in [5, 5.41) is 11.0. The standard InChI is InChI=1S/C14H26N4O3/c1-2-12(20)18(16)14(13(15)21)8-11(19)9-17(14)10-6-4-3-5-7-10/h10-11,19H,2-9,16H2,1H3,(H2,15,21). The number of nitrogens with two attached hydrogens (primary N) is 2. The van der Waals surface area contributed by atoms with E-state index in [9.17, 15) is 14.7 Å². The van der Waals surface area contributed by atoms with Crippen molar-refractivity contribution in [3.05, 3.63) is 0 Å². The topological polar surface area (TPSA) is 113 Å². The lowest BCUT2D eigenvalue weighted by Crippen LogP contribution is -2.70. The van der Waals surface area contributed by atoms with E-state index < -0.39 is 17.7 Å². The van der Waals surface area contributed by atoms with Gasteiger partial charge in [-0.1, -0.05) is 26.2 Å². The summed E-state index contributed by atoms with van der Waals surface area (Å²) in [6, 6.07) is 0.138. The maximum Gasteiger partial charge on any atom is 0.260 e. The summed E-state index contributed by atoms with van der Waals surface area (Å²) in [6.45, 7) is 2.02. The zero-order chi connectivity index (χ0) is 15.6. The molecule has 2 fully saturated rings. The number of amides is 2. The molecule has 0 bridgehead atoms. The van der Waals surface area contributed by atoms with Gasteiger partial charge in [0.1, 0.15) is 0 Å². The molecular weight excluding hydrogens is 272 g/mol. The van der Waals surface area contributed by atoms with Crippen LogP contribution in [0.5, 0.6) is 0 Å². The molecule has 5 N–H and O–H groups in total. The van der Waals surface area contributed by atoms with Gasteiger partial charge in [0.15, 0.2) is 5.66 Å². The van der Waals surface area contributed by atoms with Crippen LogP contribution in [0.4, 0.5) is 0 Å². The van der Waals surface area contributed by atoms with Crippen LogP contribution in [0.2, 0.25) is 0 Å². The third kappa shape index (κ3) is 2.77. The Hall–Kier alpha value is -1.18. The first-order valence-corrected chi connectivity index (χ1v) is 7.76. The van der Waals surface area contributed by atoms with Crippen LogP contribution in [0.25, 0.3) is 0 Å². The number of hydrogen-bond acceptors (Lipinski definition) is 5. The second kappa shape index (κ2) is 6.29. The monoisotopic (exact) mass is 298 g/mol. The van der Waals surface area contributed by atoms with E-state index in [-0.39, 0.29) is 24.8 Å². The maximum absolute atomic E-state index is 12.2. The van der Waals surface area contributed by atoms with Gasteiger partial charge in [0.2, 0.25) is 5.91 Å². The van der Waals surface area contributed by atoms with Gasteiger partial charge in [0, 0.05) is 25.4 Å². The van der Waals surface area contributed by atoms with Gasteiger partial charge in [0.25, 0.3) is 5.91 Å². The van der Waals surface area contributed by atoms with Gasteiger partial charge in [-0.15, -0.1) is 0 Å². The average Bonchev–Trinajstić information content (AvgIpc) is 2.85. The molecule has 21 heavy (non-hydrogen) atoms. The molecule has 7 nitrogen and oxygen atoms in total. The highest BCUT2D eigenvalue weighted by Crippen LogP contribution is 2.37. The Kier molecular flexibility index (Phi) is 4.85. The number of hydrazine groups is 1. The molecule has 2 aliphatic rings. The van der Waals surface area contributed by atoms with Crippen molar-refractivity contribution in [1.82, 2.24) is 9.91 Å². The lowest BCUT2D eigenvalue weighted by Gasteiger charge is -2.46. The van der Waals surface area contributed by atoms with Gasteiger partial charge in [-0.3, -0.25) is 19.5 Å². The number of rotatable bonds is 4. The lowest BCUT2D eigenvalue weighted by molar-refractivity contribution is -0.161. The number of nitrogens with zero attached hydrogens (tertiary/aromatic N) is 2. The van der Waals surface area contributed by atoms with Gasteiger partial charge in [0.05, 0.1) is 6.10 Å². The molecule has 0 aromatic heterocycles. The number of aliphatic hydroxyl groups is 1. The highest BCUT2D eigenvalue weighted by atomic mass is 16.3. The number of likely N-dealkylation sites (tertiary alicyclic amines) is 1. The largest absolute Gasteiger partial charge is 0.392 e. The molecule has 1 saturated carbocycles. The zero-order valence-corrected chi connectivity index (χ0v) is 12.6. The Morgan fingerprint density at radius 2 is 1.95 bits per heavy atom. The van der Waals surface area contributed by atoms with Crippen molar-refractivity contribution in [2.24, 2.45) is 11.6 Å². The zero-order valence-electron chi connectivity index (χ0n) is 12.6. The molecule has 2 unspecified atom stereocenters. The normalized spacial score (nSPS) is 31.3. The molecule has 1 heterocycles. The Morgan fingerprint density at radius 3 is 2.48 bits per heavy atom. The summed E-state index contributed by atoms with van der Waals surface area (Å²) < 4.78 is 0. The van der Waals surface area contributed by atoms with Crippen molar-refractivity contribution in [2.45, 2.75) is 69.7 Å².